The Morgan fingerprint density at radius 1 is 1.33 bits per heavy atom. The highest BCUT2D eigenvalue weighted by Gasteiger charge is 2.55. The number of nitrogens with zero attached hydrogens (tertiary/aromatic N) is 2. The molecular formula is C15H20N4O5. The molecule has 2 saturated heterocycles. The molecule has 4 atom stereocenters. The van der Waals surface area contributed by atoms with Crippen LogP contribution in [0.25, 0.3) is 0 Å². The van der Waals surface area contributed by atoms with Crippen LogP contribution in [-0.2, 0) is 20.9 Å². The Morgan fingerprint density at radius 2 is 2.00 bits per heavy atom. The van der Waals surface area contributed by atoms with E-state index in [-0.39, 0.29) is 17.5 Å². The van der Waals surface area contributed by atoms with Gasteiger partial charge in [-0.15, -0.1) is 0 Å². The highest BCUT2D eigenvalue weighted by Crippen LogP contribution is 2.44. The third-order valence-corrected chi connectivity index (χ3v) is 4.65. The molecule has 1 aromatic rings. The highest BCUT2D eigenvalue weighted by atomic mass is 16.5. The quantitative estimate of drug-likeness (QED) is 0.700. The number of fused-ring (bicyclic) bond motifs is 2. The topological polar surface area (TPSA) is 123 Å². The van der Waals surface area contributed by atoms with Crippen LogP contribution >= 0.6 is 0 Å². The van der Waals surface area contributed by atoms with E-state index in [9.17, 15) is 19.5 Å². The maximum atomic E-state index is 12.7. The summed E-state index contributed by atoms with van der Waals surface area (Å²) < 4.78 is 7.13. The molecule has 0 saturated carbocycles. The van der Waals surface area contributed by atoms with E-state index < -0.39 is 35.7 Å². The summed E-state index contributed by atoms with van der Waals surface area (Å²) in [6.07, 6.45) is 2.08. The second kappa shape index (κ2) is 6.23. The fourth-order valence-electron chi connectivity index (χ4n) is 3.50. The van der Waals surface area contributed by atoms with Gasteiger partial charge in [0.05, 0.1) is 29.7 Å². The Bertz CT molecular complexity index is 685. The van der Waals surface area contributed by atoms with Gasteiger partial charge in [-0.3, -0.25) is 19.1 Å². The molecule has 0 aliphatic carbocycles. The zero-order valence-corrected chi connectivity index (χ0v) is 13.5. The van der Waals surface area contributed by atoms with Crippen molar-refractivity contribution in [3.63, 3.8) is 0 Å². The van der Waals surface area contributed by atoms with Crippen molar-refractivity contribution in [3.8, 4) is 0 Å². The summed E-state index contributed by atoms with van der Waals surface area (Å²) in [5.74, 6) is -3.51. The first-order valence-corrected chi connectivity index (χ1v) is 7.95. The lowest BCUT2D eigenvalue weighted by Crippen LogP contribution is -2.41. The number of rotatable bonds is 5. The van der Waals surface area contributed by atoms with Gasteiger partial charge in [0.25, 0.3) is 5.91 Å². The standard InChI is InChI=1S/C15H20N4O5/c1-3-19-6-7(12(18-19)14(21)16-2)17-13(20)10-8-4-5-9(24-8)11(10)15(22)23/h6,8-11H,3-5H2,1-2H3,(H,16,21)(H,17,20)(H,22,23)/t8-,9+,10+,11+/m1/s1. The molecule has 9 heteroatoms. The fourth-order valence-corrected chi connectivity index (χ4v) is 3.50. The molecule has 9 nitrogen and oxygen atoms in total. The molecule has 3 N–H and O–H groups in total. The van der Waals surface area contributed by atoms with Crippen molar-refractivity contribution in [1.82, 2.24) is 15.1 Å². The summed E-state index contributed by atoms with van der Waals surface area (Å²) in [5.41, 5.74) is 0.372. The van der Waals surface area contributed by atoms with Crippen LogP contribution in [0, 0.1) is 11.8 Å². The molecule has 2 fully saturated rings. The lowest BCUT2D eigenvalue weighted by molar-refractivity contribution is -0.147. The summed E-state index contributed by atoms with van der Waals surface area (Å²) in [6.45, 7) is 2.39. The summed E-state index contributed by atoms with van der Waals surface area (Å²) in [4.78, 5) is 36.1. The van der Waals surface area contributed by atoms with Crippen molar-refractivity contribution in [2.75, 3.05) is 12.4 Å². The second-order valence-corrected chi connectivity index (χ2v) is 6.00. The van der Waals surface area contributed by atoms with Gasteiger partial charge in [0.1, 0.15) is 0 Å². The van der Waals surface area contributed by atoms with Gasteiger partial charge < -0.3 is 20.5 Å². The third kappa shape index (κ3) is 2.64. The number of carbonyl (C=O) groups excluding carboxylic acids is 2. The van der Waals surface area contributed by atoms with E-state index in [2.05, 4.69) is 15.7 Å². The van der Waals surface area contributed by atoms with Crippen LogP contribution in [0.1, 0.15) is 30.3 Å². The molecule has 0 unspecified atom stereocenters. The van der Waals surface area contributed by atoms with Crippen LogP contribution in [0.5, 0.6) is 0 Å². The molecule has 3 rings (SSSR count). The smallest absolute Gasteiger partial charge is 0.310 e. The van der Waals surface area contributed by atoms with Crippen LogP contribution in [-0.4, -0.2) is 51.9 Å². The van der Waals surface area contributed by atoms with E-state index in [1.165, 1.54) is 11.7 Å². The number of nitrogens with one attached hydrogen (secondary N) is 2. The number of carbonyl (C=O) groups is 3. The van der Waals surface area contributed by atoms with Crippen LogP contribution in [0.2, 0.25) is 0 Å². The maximum absolute atomic E-state index is 12.7. The largest absolute Gasteiger partial charge is 0.481 e. The fraction of sp³-hybridized carbons (Fsp3) is 0.600. The first-order valence-electron chi connectivity index (χ1n) is 7.95. The number of amides is 2. The molecule has 0 radical (unpaired) electrons. The molecule has 0 spiro atoms. The number of anilines is 1. The summed E-state index contributed by atoms with van der Waals surface area (Å²) in [6, 6.07) is 0. The predicted molar refractivity (Wildman–Crippen MR) is 82.4 cm³/mol. The Kier molecular flexibility index (Phi) is 4.27. The minimum atomic E-state index is -1.03. The number of hydrogen-bond acceptors (Lipinski definition) is 5. The first kappa shape index (κ1) is 16.4. The molecule has 2 amide bonds. The van der Waals surface area contributed by atoms with E-state index >= 15 is 0 Å². The number of ether oxygens (including phenoxy) is 1. The minimum Gasteiger partial charge on any atom is -0.481 e. The SMILES string of the molecule is CCn1cc(NC(=O)[C@@H]2[C@@H](C(=O)O)[C@@H]3CC[C@H]2O3)c(C(=O)NC)n1. The Labute approximate surface area is 138 Å². The molecule has 2 bridgehead atoms. The normalized spacial score (nSPS) is 27.9. The van der Waals surface area contributed by atoms with Crippen molar-refractivity contribution < 1.29 is 24.2 Å². The van der Waals surface area contributed by atoms with Gasteiger partial charge >= 0.3 is 5.97 Å². The number of hydrogen-bond donors (Lipinski definition) is 3. The summed E-state index contributed by atoms with van der Waals surface area (Å²) >= 11 is 0. The third-order valence-electron chi connectivity index (χ3n) is 4.65. The van der Waals surface area contributed by atoms with Gasteiger partial charge in [-0.2, -0.15) is 5.10 Å². The number of aliphatic carboxylic acids is 1. The van der Waals surface area contributed by atoms with E-state index in [1.807, 2.05) is 6.92 Å². The van der Waals surface area contributed by atoms with Crippen molar-refractivity contribution in [3.05, 3.63) is 11.9 Å². The van der Waals surface area contributed by atoms with Gasteiger partial charge in [0, 0.05) is 19.8 Å². The second-order valence-electron chi connectivity index (χ2n) is 6.00. The van der Waals surface area contributed by atoms with Crippen LogP contribution in [0.4, 0.5) is 5.69 Å². The predicted octanol–water partition coefficient (Wildman–Crippen LogP) is 0.0793. The van der Waals surface area contributed by atoms with E-state index in [0.717, 1.165) is 0 Å². The number of aryl methyl sites for hydroxylation is 1. The average Bonchev–Trinajstić information content (AvgIpc) is 3.27. The minimum absolute atomic E-state index is 0.101. The van der Waals surface area contributed by atoms with Crippen LogP contribution in [0.3, 0.4) is 0 Å². The monoisotopic (exact) mass is 336 g/mol. The Hall–Kier alpha value is -2.42. The molecule has 2 aliphatic heterocycles. The van der Waals surface area contributed by atoms with Gasteiger partial charge in [0.15, 0.2) is 5.69 Å². The molecule has 130 valence electrons. The van der Waals surface area contributed by atoms with Crippen LogP contribution < -0.4 is 10.6 Å². The van der Waals surface area contributed by atoms with Crippen molar-refractivity contribution in [1.29, 1.82) is 0 Å². The molecule has 24 heavy (non-hydrogen) atoms. The van der Waals surface area contributed by atoms with Crippen molar-refractivity contribution in [2.24, 2.45) is 11.8 Å². The number of aromatic nitrogens is 2. The van der Waals surface area contributed by atoms with Gasteiger partial charge in [0.2, 0.25) is 5.91 Å². The number of carboxylic acid groups (broad SMARTS) is 1. The molecule has 2 aliphatic rings. The Balaban J connectivity index is 1.83. The molecule has 0 aromatic carbocycles. The zero-order valence-electron chi connectivity index (χ0n) is 13.5. The molecular weight excluding hydrogens is 316 g/mol. The Morgan fingerprint density at radius 3 is 2.58 bits per heavy atom. The first-order chi connectivity index (χ1) is 11.5. The maximum Gasteiger partial charge on any atom is 0.310 e. The molecule has 3 heterocycles. The van der Waals surface area contributed by atoms with E-state index in [0.29, 0.717) is 19.4 Å². The molecule has 1 aromatic heterocycles. The van der Waals surface area contributed by atoms with E-state index in [1.54, 1.807) is 6.20 Å². The lowest BCUT2D eigenvalue weighted by atomic mass is 9.78. The summed E-state index contributed by atoms with van der Waals surface area (Å²) in [7, 11) is 1.48. The van der Waals surface area contributed by atoms with Crippen molar-refractivity contribution in [2.45, 2.75) is 38.5 Å². The van der Waals surface area contributed by atoms with E-state index in [4.69, 9.17) is 4.74 Å². The van der Waals surface area contributed by atoms with Gasteiger partial charge in [-0.05, 0) is 19.8 Å². The zero-order chi connectivity index (χ0) is 17.4. The van der Waals surface area contributed by atoms with Crippen LogP contribution in [0.15, 0.2) is 6.20 Å². The van der Waals surface area contributed by atoms with Crippen molar-refractivity contribution >= 4 is 23.5 Å². The van der Waals surface area contributed by atoms with Gasteiger partial charge in [-0.1, -0.05) is 0 Å². The average molecular weight is 336 g/mol. The highest BCUT2D eigenvalue weighted by molar-refractivity contribution is 6.03. The summed E-state index contributed by atoms with van der Waals surface area (Å²) in [5, 5.41) is 18.7. The number of carboxylic acids is 1. The van der Waals surface area contributed by atoms with Gasteiger partial charge in [-0.25, -0.2) is 0 Å². The lowest BCUT2D eigenvalue weighted by Gasteiger charge is -2.23.